The largest absolute Gasteiger partial charge is 0.481 e. The molecule has 2 aromatic rings. The van der Waals surface area contributed by atoms with Crippen molar-refractivity contribution in [3.05, 3.63) is 21.8 Å². The van der Waals surface area contributed by atoms with Crippen molar-refractivity contribution < 1.29 is 14.1 Å². The third-order valence-corrected chi connectivity index (χ3v) is 5.07. The van der Waals surface area contributed by atoms with E-state index in [1.165, 1.54) is 15.9 Å². The number of carboxylic acid groups (broad SMARTS) is 1. The molecule has 2 rings (SSSR count). The number of aliphatic carboxylic acids is 1. The second-order valence-corrected chi connectivity index (χ2v) is 7.36. The number of carbonyl (C=O) groups is 1. The summed E-state index contributed by atoms with van der Waals surface area (Å²) < 4.78 is 13.1. The average Bonchev–Trinajstić information content (AvgIpc) is 2.83. The zero-order valence-electron chi connectivity index (χ0n) is 10.6. The van der Waals surface area contributed by atoms with E-state index in [0.717, 1.165) is 11.8 Å². The Morgan fingerprint density at radius 2 is 2.35 bits per heavy atom. The van der Waals surface area contributed by atoms with Crippen LogP contribution in [0.1, 0.15) is 0 Å². The number of hydrogen-bond acceptors (Lipinski definition) is 6. The first-order valence-corrected chi connectivity index (χ1v) is 9.21. The Kier molecular flexibility index (Phi) is 4.95. The maximum atomic E-state index is 12.3. The molecular formula is C11H12N2O4S3. The van der Waals surface area contributed by atoms with Gasteiger partial charge in [0.15, 0.2) is 5.16 Å². The lowest BCUT2D eigenvalue weighted by Gasteiger charge is -2.10. The number of thiophene rings is 1. The predicted molar refractivity (Wildman–Crippen MR) is 81.2 cm³/mol. The second-order valence-electron chi connectivity index (χ2n) is 3.95. The Balaban J connectivity index is 2.44. The van der Waals surface area contributed by atoms with E-state index in [1.807, 2.05) is 0 Å². The second kappa shape index (κ2) is 6.51. The Morgan fingerprint density at radius 3 is 3.00 bits per heavy atom. The molecule has 0 aromatic carbocycles. The molecule has 1 unspecified atom stereocenters. The van der Waals surface area contributed by atoms with E-state index in [1.54, 1.807) is 17.7 Å². The quantitative estimate of drug-likeness (QED) is 0.627. The van der Waals surface area contributed by atoms with Gasteiger partial charge in [-0.25, -0.2) is 4.98 Å². The van der Waals surface area contributed by atoms with Gasteiger partial charge in [-0.2, -0.15) is 0 Å². The van der Waals surface area contributed by atoms with Crippen molar-refractivity contribution in [1.82, 2.24) is 9.55 Å². The molecule has 0 saturated heterocycles. The molecule has 0 aliphatic heterocycles. The summed E-state index contributed by atoms with van der Waals surface area (Å²) in [5, 5.41) is 10.9. The van der Waals surface area contributed by atoms with Gasteiger partial charge in [0.1, 0.15) is 4.70 Å². The normalized spacial score (nSPS) is 12.7. The first-order valence-electron chi connectivity index (χ1n) is 5.61. The Labute approximate surface area is 125 Å². The van der Waals surface area contributed by atoms with Crippen molar-refractivity contribution in [2.24, 2.45) is 0 Å². The number of fused-ring (bicyclic) bond motifs is 1. The van der Waals surface area contributed by atoms with Crippen molar-refractivity contribution in [3.63, 3.8) is 0 Å². The van der Waals surface area contributed by atoms with Gasteiger partial charge < -0.3 is 5.11 Å². The number of hydrogen-bond donors (Lipinski definition) is 1. The van der Waals surface area contributed by atoms with Gasteiger partial charge in [0.25, 0.3) is 5.56 Å². The summed E-state index contributed by atoms with van der Waals surface area (Å²) in [5.41, 5.74) is 0.366. The number of nitrogens with zero attached hydrogens (tertiary/aromatic N) is 2. The number of carboxylic acids is 1. The Morgan fingerprint density at radius 1 is 1.60 bits per heavy atom. The summed E-state index contributed by atoms with van der Waals surface area (Å²) in [5.74, 6) is -0.809. The lowest BCUT2D eigenvalue weighted by atomic mass is 10.4. The van der Waals surface area contributed by atoms with Crippen molar-refractivity contribution in [2.45, 2.75) is 11.7 Å². The van der Waals surface area contributed by atoms with Crippen LogP contribution in [0.2, 0.25) is 0 Å². The van der Waals surface area contributed by atoms with Gasteiger partial charge in [-0.1, -0.05) is 11.8 Å². The van der Waals surface area contributed by atoms with E-state index in [2.05, 4.69) is 4.98 Å². The molecule has 2 heterocycles. The van der Waals surface area contributed by atoms with Crippen LogP contribution in [0.4, 0.5) is 0 Å². The van der Waals surface area contributed by atoms with Crippen molar-refractivity contribution in [2.75, 3.05) is 17.8 Å². The first kappa shape index (κ1) is 15.2. The predicted octanol–water partition coefficient (Wildman–Crippen LogP) is 1.01. The van der Waals surface area contributed by atoms with E-state index in [9.17, 15) is 13.8 Å². The topological polar surface area (TPSA) is 89.3 Å². The van der Waals surface area contributed by atoms with E-state index in [0.29, 0.717) is 21.1 Å². The van der Waals surface area contributed by atoms with E-state index in [4.69, 9.17) is 5.11 Å². The van der Waals surface area contributed by atoms with Crippen LogP contribution >= 0.6 is 23.1 Å². The van der Waals surface area contributed by atoms with Crippen LogP contribution < -0.4 is 5.56 Å². The highest BCUT2D eigenvalue weighted by Crippen LogP contribution is 2.20. The summed E-state index contributed by atoms with van der Waals surface area (Å²) in [4.78, 5) is 27.3. The van der Waals surface area contributed by atoms with E-state index >= 15 is 0 Å². The molecule has 1 N–H and O–H groups in total. The maximum absolute atomic E-state index is 12.3. The lowest BCUT2D eigenvalue weighted by Crippen LogP contribution is -2.25. The molecule has 0 spiro atoms. The van der Waals surface area contributed by atoms with Crippen LogP contribution in [-0.2, 0) is 22.1 Å². The third-order valence-electron chi connectivity index (χ3n) is 2.46. The fourth-order valence-corrected chi connectivity index (χ4v) is 3.54. The third kappa shape index (κ3) is 3.47. The number of thioether (sulfide) groups is 1. The minimum absolute atomic E-state index is 0.169. The minimum atomic E-state index is -1.03. The zero-order valence-corrected chi connectivity index (χ0v) is 13.0. The van der Waals surface area contributed by atoms with Crippen LogP contribution in [0, 0.1) is 0 Å². The number of aromatic nitrogens is 2. The molecule has 0 saturated carbocycles. The SMILES string of the molecule is CS(=O)CCn1c(SCC(=O)O)nc2ccsc2c1=O. The molecule has 0 aliphatic carbocycles. The Hall–Kier alpha value is -1.19. The first-order chi connectivity index (χ1) is 9.49. The molecule has 0 aliphatic rings. The summed E-state index contributed by atoms with van der Waals surface area (Å²) in [7, 11) is -1.03. The van der Waals surface area contributed by atoms with Gasteiger partial charge >= 0.3 is 5.97 Å². The van der Waals surface area contributed by atoms with Crippen LogP contribution in [-0.4, -0.2) is 42.6 Å². The average molecular weight is 332 g/mol. The fourth-order valence-electron chi connectivity index (χ4n) is 1.58. The molecule has 0 amide bonds. The van der Waals surface area contributed by atoms with E-state index < -0.39 is 16.8 Å². The molecule has 20 heavy (non-hydrogen) atoms. The highest BCUT2D eigenvalue weighted by atomic mass is 32.2. The monoisotopic (exact) mass is 332 g/mol. The van der Waals surface area contributed by atoms with Crippen molar-refractivity contribution >= 4 is 50.1 Å². The van der Waals surface area contributed by atoms with E-state index in [-0.39, 0.29) is 17.9 Å². The smallest absolute Gasteiger partial charge is 0.313 e. The Bertz CT molecular complexity index is 722. The molecule has 9 heteroatoms. The van der Waals surface area contributed by atoms with Crippen molar-refractivity contribution in [3.8, 4) is 0 Å². The molecule has 1 atom stereocenters. The minimum Gasteiger partial charge on any atom is -0.481 e. The summed E-state index contributed by atoms with van der Waals surface area (Å²) >= 11 is 2.30. The summed E-state index contributed by atoms with van der Waals surface area (Å²) in [6, 6.07) is 1.73. The molecule has 0 fully saturated rings. The van der Waals surface area contributed by atoms with Crippen LogP contribution in [0.15, 0.2) is 21.4 Å². The highest BCUT2D eigenvalue weighted by Gasteiger charge is 2.14. The molecule has 6 nitrogen and oxygen atoms in total. The lowest BCUT2D eigenvalue weighted by molar-refractivity contribution is -0.133. The van der Waals surface area contributed by atoms with Gasteiger partial charge in [0.2, 0.25) is 0 Å². The van der Waals surface area contributed by atoms with Crippen LogP contribution in [0.5, 0.6) is 0 Å². The summed E-state index contributed by atoms with van der Waals surface area (Å²) in [6.45, 7) is 0.269. The number of rotatable bonds is 6. The van der Waals surface area contributed by atoms with Gasteiger partial charge in [-0.15, -0.1) is 11.3 Å². The van der Waals surface area contributed by atoms with Gasteiger partial charge in [0.05, 0.1) is 11.3 Å². The molecule has 0 radical (unpaired) electrons. The molecular weight excluding hydrogens is 320 g/mol. The molecule has 108 valence electrons. The fraction of sp³-hybridized carbons (Fsp3) is 0.364. The summed E-state index contributed by atoms with van der Waals surface area (Å²) in [6.07, 6.45) is 1.56. The zero-order chi connectivity index (χ0) is 14.7. The van der Waals surface area contributed by atoms with Crippen LogP contribution in [0.3, 0.4) is 0 Å². The van der Waals surface area contributed by atoms with Crippen LogP contribution in [0.25, 0.3) is 10.2 Å². The molecule has 0 bridgehead atoms. The van der Waals surface area contributed by atoms with Gasteiger partial charge in [0, 0.05) is 29.4 Å². The highest BCUT2D eigenvalue weighted by molar-refractivity contribution is 7.99. The standard InChI is InChI=1S/C11H12N2O4S3/c1-20(17)5-3-13-10(16)9-7(2-4-18-9)12-11(13)19-6-8(14)15/h2,4H,3,5-6H2,1H3,(H,14,15). The maximum Gasteiger partial charge on any atom is 0.313 e. The van der Waals surface area contributed by atoms with Crippen molar-refractivity contribution in [1.29, 1.82) is 0 Å². The van der Waals surface area contributed by atoms with Gasteiger partial charge in [-0.05, 0) is 11.4 Å². The van der Waals surface area contributed by atoms with Gasteiger partial charge in [-0.3, -0.25) is 18.4 Å². The molecule has 2 aromatic heterocycles.